The number of nitrogens with two attached hydrogens (primary N) is 1. The summed E-state index contributed by atoms with van der Waals surface area (Å²) >= 11 is 17.4. The van der Waals surface area contributed by atoms with Crippen LogP contribution in [0.3, 0.4) is 0 Å². The van der Waals surface area contributed by atoms with Gasteiger partial charge in [0.05, 0.1) is 10.0 Å². The minimum atomic E-state index is -3.80. The Morgan fingerprint density at radius 1 is 1.29 bits per heavy atom. The SMILES string of the molecule is C[C@@H](CN)NS(=O)(=O)c1c(Cl)cc(Cl)cc1Cl. The smallest absolute Gasteiger partial charge is 0.243 e. The van der Waals surface area contributed by atoms with Gasteiger partial charge in [0.15, 0.2) is 0 Å². The van der Waals surface area contributed by atoms with Crippen LogP contribution in [-0.2, 0) is 10.0 Å². The Balaban J connectivity index is 3.25. The van der Waals surface area contributed by atoms with Gasteiger partial charge in [-0.05, 0) is 19.1 Å². The van der Waals surface area contributed by atoms with Crippen LogP contribution in [0.1, 0.15) is 6.92 Å². The number of rotatable bonds is 4. The van der Waals surface area contributed by atoms with E-state index >= 15 is 0 Å². The monoisotopic (exact) mass is 316 g/mol. The molecule has 0 aromatic heterocycles. The highest BCUT2D eigenvalue weighted by atomic mass is 35.5. The van der Waals surface area contributed by atoms with Crippen molar-refractivity contribution in [2.75, 3.05) is 6.54 Å². The zero-order valence-electron chi connectivity index (χ0n) is 8.88. The largest absolute Gasteiger partial charge is 0.329 e. The van der Waals surface area contributed by atoms with Crippen molar-refractivity contribution in [1.82, 2.24) is 4.72 Å². The van der Waals surface area contributed by atoms with E-state index in [1.807, 2.05) is 0 Å². The molecular weight excluding hydrogens is 307 g/mol. The van der Waals surface area contributed by atoms with E-state index in [1.54, 1.807) is 6.92 Å². The fourth-order valence-electron chi connectivity index (χ4n) is 1.16. The molecule has 0 aliphatic carbocycles. The van der Waals surface area contributed by atoms with Gasteiger partial charge in [-0.2, -0.15) is 0 Å². The first-order chi connectivity index (χ1) is 7.77. The first-order valence-corrected chi connectivity index (χ1v) is 7.26. The van der Waals surface area contributed by atoms with E-state index in [-0.39, 0.29) is 26.5 Å². The number of hydrogen-bond acceptors (Lipinski definition) is 3. The second kappa shape index (κ2) is 5.73. The standard InChI is InChI=1S/C9H11Cl3N2O2S/c1-5(4-13)14-17(15,16)9-7(11)2-6(10)3-8(9)12/h2-3,5,14H,4,13H2,1H3/t5-/m0/s1. The molecule has 0 bridgehead atoms. The van der Waals surface area contributed by atoms with Crippen molar-refractivity contribution in [1.29, 1.82) is 0 Å². The molecule has 0 heterocycles. The van der Waals surface area contributed by atoms with Crippen molar-refractivity contribution in [2.24, 2.45) is 5.73 Å². The van der Waals surface area contributed by atoms with Gasteiger partial charge in [0.1, 0.15) is 4.90 Å². The van der Waals surface area contributed by atoms with Crippen LogP contribution < -0.4 is 10.5 Å². The van der Waals surface area contributed by atoms with Gasteiger partial charge in [0.25, 0.3) is 0 Å². The summed E-state index contributed by atoms with van der Waals surface area (Å²) in [6.07, 6.45) is 0. The molecule has 0 spiro atoms. The molecule has 4 nitrogen and oxygen atoms in total. The van der Waals surface area contributed by atoms with Gasteiger partial charge in [-0.15, -0.1) is 0 Å². The highest BCUT2D eigenvalue weighted by molar-refractivity contribution is 7.89. The van der Waals surface area contributed by atoms with Crippen molar-refractivity contribution >= 4 is 44.8 Å². The third kappa shape index (κ3) is 3.71. The topological polar surface area (TPSA) is 72.2 Å². The van der Waals surface area contributed by atoms with Crippen LogP contribution in [0.5, 0.6) is 0 Å². The highest BCUT2D eigenvalue weighted by Crippen LogP contribution is 2.32. The molecule has 0 fully saturated rings. The van der Waals surface area contributed by atoms with E-state index in [0.29, 0.717) is 0 Å². The second-order valence-corrected chi connectivity index (χ2v) is 6.36. The molecule has 1 aromatic carbocycles. The number of benzene rings is 1. The minimum Gasteiger partial charge on any atom is -0.329 e. The summed E-state index contributed by atoms with van der Waals surface area (Å²) in [5, 5.41) is 0.212. The molecule has 96 valence electrons. The maximum atomic E-state index is 12.0. The third-order valence-corrected chi connectivity index (χ3v) is 4.67. The highest BCUT2D eigenvalue weighted by Gasteiger charge is 2.23. The lowest BCUT2D eigenvalue weighted by Crippen LogP contribution is -2.38. The van der Waals surface area contributed by atoms with Crippen LogP contribution in [0, 0.1) is 0 Å². The molecule has 8 heteroatoms. The van der Waals surface area contributed by atoms with Gasteiger partial charge in [0, 0.05) is 17.6 Å². The normalized spacial score (nSPS) is 13.7. The lowest BCUT2D eigenvalue weighted by molar-refractivity contribution is 0.563. The molecule has 0 amide bonds. The molecule has 3 N–H and O–H groups in total. The first kappa shape index (κ1) is 15.0. The second-order valence-electron chi connectivity index (χ2n) is 3.46. The Kier molecular flexibility index (Phi) is 5.07. The zero-order valence-corrected chi connectivity index (χ0v) is 12.0. The molecule has 0 radical (unpaired) electrons. The molecule has 1 rings (SSSR count). The summed E-state index contributed by atoms with van der Waals surface area (Å²) in [6, 6.07) is 2.22. The number of sulfonamides is 1. The average molecular weight is 318 g/mol. The van der Waals surface area contributed by atoms with E-state index in [1.165, 1.54) is 12.1 Å². The predicted molar refractivity (Wildman–Crippen MR) is 70.3 cm³/mol. The van der Waals surface area contributed by atoms with Crippen molar-refractivity contribution < 1.29 is 8.42 Å². The van der Waals surface area contributed by atoms with Crippen LogP contribution in [0.2, 0.25) is 15.1 Å². The summed E-state index contributed by atoms with van der Waals surface area (Å²) in [5.41, 5.74) is 5.34. The van der Waals surface area contributed by atoms with Crippen molar-refractivity contribution in [3.8, 4) is 0 Å². The molecule has 0 aliphatic heterocycles. The van der Waals surface area contributed by atoms with Gasteiger partial charge in [0.2, 0.25) is 10.0 Å². The van der Waals surface area contributed by atoms with E-state index in [4.69, 9.17) is 40.5 Å². The maximum Gasteiger partial charge on any atom is 0.243 e. The van der Waals surface area contributed by atoms with Gasteiger partial charge in [-0.1, -0.05) is 34.8 Å². The summed E-state index contributed by atoms with van der Waals surface area (Å²) < 4.78 is 26.3. The molecule has 1 atom stereocenters. The van der Waals surface area contributed by atoms with Crippen LogP contribution in [0.4, 0.5) is 0 Å². The van der Waals surface area contributed by atoms with Crippen molar-refractivity contribution in [2.45, 2.75) is 17.9 Å². The minimum absolute atomic E-state index is 0.0285. The van der Waals surface area contributed by atoms with Crippen molar-refractivity contribution in [3.63, 3.8) is 0 Å². The van der Waals surface area contributed by atoms with E-state index in [2.05, 4.69) is 4.72 Å². The summed E-state index contributed by atoms with van der Waals surface area (Å²) in [7, 11) is -3.80. The number of hydrogen-bond donors (Lipinski definition) is 2. The Hall–Kier alpha value is -0.0400. The molecule has 0 saturated heterocycles. The Morgan fingerprint density at radius 2 is 1.76 bits per heavy atom. The number of halogens is 3. The molecule has 0 saturated carbocycles. The lowest BCUT2D eigenvalue weighted by atomic mass is 10.4. The van der Waals surface area contributed by atoms with Crippen LogP contribution in [0.15, 0.2) is 17.0 Å². The van der Waals surface area contributed by atoms with Gasteiger partial charge < -0.3 is 5.73 Å². The molecule has 0 aliphatic rings. The Bertz CT molecular complexity index is 496. The van der Waals surface area contributed by atoms with E-state index in [0.717, 1.165) is 0 Å². The number of nitrogens with one attached hydrogen (secondary N) is 1. The predicted octanol–water partition coefficient (Wildman–Crippen LogP) is 2.27. The Morgan fingerprint density at radius 3 is 2.18 bits per heavy atom. The van der Waals surface area contributed by atoms with Crippen LogP contribution >= 0.6 is 34.8 Å². The van der Waals surface area contributed by atoms with Gasteiger partial charge >= 0.3 is 0 Å². The van der Waals surface area contributed by atoms with Crippen LogP contribution in [0.25, 0.3) is 0 Å². The molecule has 17 heavy (non-hydrogen) atoms. The maximum absolute atomic E-state index is 12.0. The van der Waals surface area contributed by atoms with Crippen LogP contribution in [-0.4, -0.2) is 21.0 Å². The third-order valence-electron chi connectivity index (χ3n) is 1.94. The fraction of sp³-hybridized carbons (Fsp3) is 0.333. The first-order valence-electron chi connectivity index (χ1n) is 4.65. The lowest BCUT2D eigenvalue weighted by Gasteiger charge is -2.14. The quantitative estimate of drug-likeness (QED) is 0.895. The molecule has 1 aromatic rings. The zero-order chi connectivity index (χ0) is 13.2. The summed E-state index contributed by atoms with van der Waals surface area (Å²) in [6.45, 7) is 1.80. The molecule has 0 unspecified atom stereocenters. The summed E-state index contributed by atoms with van der Waals surface area (Å²) in [5.74, 6) is 0. The Labute approximate surface area is 115 Å². The molecular formula is C9H11Cl3N2O2S. The van der Waals surface area contributed by atoms with Gasteiger partial charge in [-0.3, -0.25) is 0 Å². The fourth-order valence-corrected chi connectivity index (χ4v) is 3.96. The van der Waals surface area contributed by atoms with Gasteiger partial charge in [-0.25, -0.2) is 13.1 Å². The van der Waals surface area contributed by atoms with E-state index in [9.17, 15) is 8.42 Å². The average Bonchev–Trinajstić information content (AvgIpc) is 2.14. The summed E-state index contributed by atoms with van der Waals surface area (Å²) in [4.78, 5) is -0.189. The van der Waals surface area contributed by atoms with Crippen molar-refractivity contribution in [3.05, 3.63) is 27.2 Å². The van der Waals surface area contributed by atoms with E-state index < -0.39 is 16.1 Å².